The van der Waals surface area contributed by atoms with Crippen molar-refractivity contribution in [2.24, 2.45) is 0 Å². The number of hydrogen-bond acceptors (Lipinski definition) is 2. The predicted molar refractivity (Wildman–Crippen MR) is 64.1 cm³/mol. The van der Waals surface area contributed by atoms with E-state index in [-0.39, 0.29) is 12.6 Å². The molecule has 102 valence electrons. The average Bonchev–Trinajstić information content (AvgIpc) is 2.27. The lowest BCUT2D eigenvalue weighted by atomic mass is 10.1. The fourth-order valence-corrected chi connectivity index (χ4v) is 1.73. The normalized spacial score (nSPS) is 12.4. The monoisotopic (exact) mass is 261 g/mol. The van der Waals surface area contributed by atoms with Crippen molar-refractivity contribution in [3.8, 4) is 0 Å². The van der Waals surface area contributed by atoms with Crippen LogP contribution in [-0.4, -0.2) is 29.2 Å². The Bertz CT molecular complexity index is 377. The van der Waals surface area contributed by atoms with Gasteiger partial charge >= 0.3 is 6.18 Å². The molecule has 0 aliphatic rings. The van der Waals surface area contributed by atoms with Gasteiger partial charge in [0.2, 0.25) is 0 Å². The molecule has 0 aliphatic heterocycles. The zero-order chi connectivity index (χ0) is 13.8. The van der Waals surface area contributed by atoms with Crippen LogP contribution in [0.4, 0.5) is 13.2 Å². The number of rotatable bonds is 5. The van der Waals surface area contributed by atoms with Gasteiger partial charge < -0.3 is 5.11 Å². The summed E-state index contributed by atoms with van der Waals surface area (Å²) in [6.45, 7) is 4.75. The minimum Gasteiger partial charge on any atom is -0.395 e. The van der Waals surface area contributed by atoms with Crippen molar-refractivity contribution in [2.45, 2.75) is 32.6 Å². The molecule has 0 saturated carbocycles. The summed E-state index contributed by atoms with van der Waals surface area (Å²) in [6.07, 6.45) is -4.31. The first-order chi connectivity index (χ1) is 8.34. The van der Waals surface area contributed by atoms with Gasteiger partial charge in [-0.1, -0.05) is 18.2 Å². The molecule has 1 aromatic carbocycles. The van der Waals surface area contributed by atoms with E-state index in [1.807, 2.05) is 18.7 Å². The molecule has 2 nitrogen and oxygen atoms in total. The quantitative estimate of drug-likeness (QED) is 0.881. The molecule has 0 bridgehead atoms. The van der Waals surface area contributed by atoms with E-state index in [4.69, 9.17) is 5.11 Å². The van der Waals surface area contributed by atoms with Gasteiger partial charge in [0, 0.05) is 19.1 Å². The third kappa shape index (κ3) is 4.31. The van der Waals surface area contributed by atoms with Gasteiger partial charge in [-0.15, -0.1) is 0 Å². The highest BCUT2D eigenvalue weighted by Gasteiger charge is 2.30. The molecule has 1 N–H and O–H groups in total. The fourth-order valence-electron chi connectivity index (χ4n) is 1.73. The fraction of sp³-hybridized carbons (Fsp3) is 0.538. The number of aliphatic hydroxyl groups excluding tert-OH is 1. The van der Waals surface area contributed by atoms with Crippen LogP contribution in [0.25, 0.3) is 0 Å². The third-order valence-electron chi connectivity index (χ3n) is 2.76. The molecule has 0 aliphatic carbocycles. The maximum Gasteiger partial charge on any atom is 0.416 e. The summed E-state index contributed by atoms with van der Waals surface area (Å²) in [6, 6.07) is 5.48. The number of nitrogens with zero attached hydrogens (tertiary/aromatic N) is 1. The van der Waals surface area contributed by atoms with E-state index in [1.54, 1.807) is 6.07 Å². The van der Waals surface area contributed by atoms with E-state index >= 15 is 0 Å². The second kappa shape index (κ2) is 6.20. The van der Waals surface area contributed by atoms with E-state index in [9.17, 15) is 13.2 Å². The van der Waals surface area contributed by atoms with E-state index in [0.29, 0.717) is 18.7 Å². The van der Waals surface area contributed by atoms with Crippen molar-refractivity contribution in [1.29, 1.82) is 0 Å². The highest BCUT2D eigenvalue weighted by molar-refractivity contribution is 5.25. The van der Waals surface area contributed by atoms with Crippen molar-refractivity contribution in [3.63, 3.8) is 0 Å². The lowest BCUT2D eigenvalue weighted by molar-refractivity contribution is -0.137. The van der Waals surface area contributed by atoms with Crippen LogP contribution in [0, 0.1) is 0 Å². The van der Waals surface area contributed by atoms with Crippen LogP contribution in [-0.2, 0) is 12.7 Å². The molecular weight excluding hydrogens is 243 g/mol. The molecule has 1 aromatic rings. The van der Waals surface area contributed by atoms with E-state index in [1.165, 1.54) is 6.07 Å². The molecule has 0 amide bonds. The van der Waals surface area contributed by atoms with Crippen molar-refractivity contribution in [1.82, 2.24) is 4.90 Å². The second-order valence-corrected chi connectivity index (χ2v) is 4.49. The molecule has 0 unspecified atom stereocenters. The number of aliphatic hydroxyl groups is 1. The van der Waals surface area contributed by atoms with Crippen LogP contribution in [0.1, 0.15) is 25.0 Å². The highest BCUT2D eigenvalue weighted by Crippen LogP contribution is 2.29. The molecule has 0 heterocycles. The molecule has 0 aromatic heterocycles. The van der Waals surface area contributed by atoms with E-state index in [0.717, 1.165) is 12.1 Å². The number of benzene rings is 1. The molecule has 0 atom stereocenters. The van der Waals surface area contributed by atoms with Crippen LogP contribution >= 0.6 is 0 Å². The predicted octanol–water partition coefficient (Wildman–Crippen LogP) is 2.91. The van der Waals surface area contributed by atoms with Gasteiger partial charge in [-0.05, 0) is 25.5 Å². The molecule has 1 rings (SSSR count). The van der Waals surface area contributed by atoms with Gasteiger partial charge in [0.1, 0.15) is 0 Å². The maximum atomic E-state index is 12.6. The van der Waals surface area contributed by atoms with Crippen LogP contribution in [0.3, 0.4) is 0 Å². The Labute approximate surface area is 105 Å². The van der Waals surface area contributed by atoms with Crippen LogP contribution in [0.2, 0.25) is 0 Å². The molecule has 18 heavy (non-hydrogen) atoms. The first-order valence-electron chi connectivity index (χ1n) is 5.85. The Balaban J connectivity index is 2.83. The Morgan fingerprint density at radius 3 is 2.44 bits per heavy atom. The number of hydrogen-bond donors (Lipinski definition) is 1. The van der Waals surface area contributed by atoms with Gasteiger partial charge in [-0.3, -0.25) is 4.90 Å². The molecule has 5 heteroatoms. The average molecular weight is 261 g/mol. The summed E-state index contributed by atoms with van der Waals surface area (Å²) in [5.41, 5.74) is -0.0281. The summed E-state index contributed by atoms with van der Waals surface area (Å²) < 4.78 is 37.7. The first kappa shape index (κ1) is 15.0. The number of halogens is 3. The minimum absolute atomic E-state index is 0.00284. The van der Waals surface area contributed by atoms with Crippen molar-refractivity contribution >= 4 is 0 Å². The van der Waals surface area contributed by atoms with Crippen molar-refractivity contribution in [2.75, 3.05) is 13.2 Å². The second-order valence-electron chi connectivity index (χ2n) is 4.49. The smallest absolute Gasteiger partial charge is 0.395 e. The van der Waals surface area contributed by atoms with Crippen molar-refractivity contribution < 1.29 is 18.3 Å². The topological polar surface area (TPSA) is 23.5 Å². The van der Waals surface area contributed by atoms with Gasteiger partial charge in [-0.25, -0.2) is 0 Å². The van der Waals surface area contributed by atoms with Gasteiger partial charge in [0.25, 0.3) is 0 Å². The maximum absolute atomic E-state index is 12.6. The zero-order valence-electron chi connectivity index (χ0n) is 10.5. The lowest BCUT2D eigenvalue weighted by Crippen LogP contribution is -2.32. The van der Waals surface area contributed by atoms with E-state index < -0.39 is 11.7 Å². The molecule has 0 fully saturated rings. The zero-order valence-corrected chi connectivity index (χ0v) is 10.5. The molecular formula is C13H18F3NO. The number of alkyl halides is 3. The van der Waals surface area contributed by atoms with Crippen LogP contribution in [0.5, 0.6) is 0 Å². The van der Waals surface area contributed by atoms with Gasteiger partial charge in [-0.2, -0.15) is 13.2 Å². The lowest BCUT2D eigenvalue weighted by Gasteiger charge is -2.25. The first-order valence-corrected chi connectivity index (χ1v) is 5.85. The Morgan fingerprint density at radius 2 is 1.94 bits per heavy atom. The molecule has 0 saturated heterocycles. The minimum atomic E-state index is -4.31. The largest absolute Gasteiger partial charge is 0.416 e. The summed E-state index contributed by atoms with van der Waals surface area (Å²) in [5.74, 6) is 0. The van der Waals surface area contributed by atoms with Crippen LogP contribution in [0.15, 0.2) is 24.3 Å². The standard InChI is InChI=1S/C13H18F3NO/c1-10(2)17(6-7-18)9-11-4-3-5-12(8-11)13(14,15)16/h3-5,8,10,18H,6-7,9H2,1-2H3. The Morgan fingerprint density at radius 1 is 1.28 bits per heavy atom. The Kier molecular flexibility index (Phi) is 5.16. The molecule has 0 spiro atoms. The third-order valence-corrected chi connectivity index (χ3v) is 2.76. The summed E-state index contributed by atoms with van der Waals surface area (Å²) in [7, 11) is 0. The summed E-state index contributed by atoms with van der Waals surface area (Å²) in [4.78, 5) is 1.93. The van der Waals surface area contributed by atoms with Gasteiger partial charge in [0.15, 0.2) is 0 Å². The van der Waals surface area contributed by atoms with Gasteiger partial charge in [0.05, 0.1) is 12.2 Å². The summed E-state index contributed by atoms with van der Waals surface area (Å²) in [5, 5.41) is 8.93. The summed E-state index contributed by atoms with van der Waals surface area (Å²) >= 11 is 0. The SMILES string of the molecule is CC(C)N(CCO)Cc1cccc(C(F)(F)F)c1. The van der Waals surface area contributed by atoms with Crippen LogP contribution < -0.4 is 0 Å². The molecule has 0 radical (unpaired) electrons. The highest BCUT2D eigenvalue weighted by atomic mass is 19.4. The van der Waals surface area contributed by atoms with Crippen molar-refractivity contribution in [3.05, 3.63) is 35.4 Å². The van der Waals surface area contributed by atoms with E-state index in [2.05, 4.69) is 0 Å². The Hall–Kier alpha value is -1.07.